The van der Waals surface area contributed by atoms with E-state index in [0.29, 0.717) is 6.54 Å². The summed E-state index contributed by atoms with van der Waals surface area (Å²) < 4.78 is 5.39. The normalized spacial score (nSPS) is 14.6. The molecule has 0 amide bonds. The monoisotopic (exact) mass is 278 g/mol. The maximum absolute atomic E-state index is 6.13. The lowest BCUT2D eigenvalue weighted by atomic mass is 9.99. The summed E-state index contributed by atoms with van der Waals surface area (Å²) in [4.78, 5) is 2.18. The summed E-state index contributed by atoms with van der Waals surface area (Å²) in [5.74, 6) is 0.926. The van der Waals surface area contributed by atoms with Crippen molar-refractivity contribution < 1.29 is 4.42 Å². The van der Waals surface area contributed by atoms with Gasteiger partial charge in [-0.2, -0.15) is 0 Å². The lowest BCUT2D eigenvalue weighted by Crippen LogP contribution is -2.36. The third-order valence-corrected chi connectivity index (χ3v) is 3.38. The fraction of sp³-hybridized carbons (Fsp3) is 0.333. The standard InChI is InChI=1S/C15H19ClN2O/c1-11(17)15(12-5-3-6-13(16)9-12)18(2)10-14-7-4-8-19-14/h3-9,11,15H,10,17H2,1-2H3. The highest BCUT2D eigenvalue weighted by Gasteiger charge is 2.22. The lowest BCUT2D eigenvalue weighted by Gasteiger charge is -2.31. The molecule has 0 fully saturated rings. The minimum Gasteiger partial charge on any atom is -0.468 e. The molecule has 0 aliphatic heterocycles. The first kappa shape index (κ1) is 14.1. The summed E-state index contributed by atoms with van der Waals surface area (Å²) in [5.41, 5.74) is 7.26. The highest BCUT2D eigenvalue weighted by atomic mass is 35.5. The average Bonchev–Trinajstić information content (AvgIpc) is 2.81. The fourth-order valence-corrected chi connectivity index (χ4v) is 2.60. The second-order valence-electron chi connectivity index (χ2n) is 4.85. The molecule has 0 spiro atoms. The van der Waals surface area contributed by atoms with Gasteiger partial charge in [-0.1, -0.05) is 23.7 Å². The van der Waals surface area contributed by atoms with Crippen LogP contribution in [0.15, 0.2) is 47.1 Å². The van der Waals surface area contributed by atoms with Crippen molar-refractivity contribution in [2.24, 2.45) is 5.73 Å². The second-order valence-corrected chi connectivity index (χ2v) is 5.29. The molecule has 0 bridgehead atoms. The first-order valence-electron chi connectivity index (χ1n) is 6.31. The smallest absolute Gasteiger partial charge is 0.117 e. The fourth-order valence-electron chi connectivity index (χ4n) is 2.40. The van der Waals surface area contributed by atoms with Crippen LogP contribution in [0.1, 0.15) is 24.3 Å². The molecule has 0 radical (unpaired) electrons. The molecule has 0 aliphatic carbocycles. The van der Waals surface area contributed by atoms with Gasteiger partial charge in [-0.05, 0) is 43.8 Å². The number of nitrogens with zero attached hydrogens (tertiary/aromatic N) is 1. The molecule has 19 heavy (non-hydrogen) atoms. The zero-order valence-electron chi connectivity index (χ0n) is 11.2. The highest BCUT2D eigenvalue weighted by molar-refractivity contribution is 6.30. The van der Waals surface area contributed by atoms with Gasteiger partial charge in [-0.25, -0.2) is 0 Å². The molecule has 2 atom stereocenters. The van der Waals surface area contributed by atoms with Gasteiger partial charge in [-0.3, -0.25) is 4.90 Å². The van der Waals surface area contributed by atoms with E-state index in [4.69, 9.17) is 21.8 Å². The van der Waals surface area contributed by atoms with E-state index in [-0.39, 0.29) is 12.1 Å². The van der Waals surface area contributed by atoms with Crippen molar-refractivity contribution >= 4 is 11.6 Å². The summed E-state index contributed by atoms with van der Waals surface area (Å²) in [6.07, 6.45) is 1.68. The molecule has 2 rings (SSSR count). The van der Waals surface area contributed by atoms with Crippen molar-refractivity contribution in [3.8, 4) is 0 Å². The molecule has 2 unspecified atom stereocenters. The van der Waals surface area contributed by atoms with Crippen LogP contribution in [-0.2, 0) is 6.54 Å². The van der Waals surface area contributed by atoms with Crippen LogP contribution in [0, 0.1) is 0 Å². The Kier molecular flexibility index (Phi) is 4.64. The van der Waals surface area contributed by atoms with Crippen LogP contribution in [0.3, 0.4) is 0 Å². The quantitative estimate of drug-likeness (QED) is 0.911. The SMILES string of the molecule is CC(N)C(c1cccc(Cl)c1)N(C)Cc1ccco1. The van der Waals surface area contributed by atoms with Gasteiger partial charge in [0.2, 0.25) is 0 Å². The Morgan fingerprint density at radius 1 is 1.32 bits per heavy atom. The summed E-state index contributed by atoms with van der Waals surface area (Å²) in [5, 5.41) is 0.731. The van der Waals surface area contributed by atoms with Crippen molar-refractivity contribution in [2.75, 3.05) is 7.05 Å². The third kappa shape index (κ3) is 3.60. The Balaban J connectivity index is 2.20. The van der Waals surface area contributed by atoms with Gasteiger partial charge in [0, 0.05) is 17.1 Å². The maximum atomic E-state index is 6.13. The third-order valence-electron chi connectivity index (χ3n) is 3.15. The Morgan fingerprint density at radius 3 is 2.68 bits per heavy atom. The first-order chi connectivity index (χ1) is 9.08. The minimum absolute atomic E-state index is 0.00145. The molecule has 4 heteroatoms. The van der Waals surface area contributed by atoms with Gasteiger partial charge in [0.25, 0.3) is 0 Å². The molecular weight excluding hydrogens is 260 g/mol. The maximum Gasteiger partial charge on any atom is 0.117 e. The van der Waals surface area contributed by atoms with Crippen LogP contribution >= 0.6 is 11.6 Å². The Hall–Kier alpha value is -1.29. The zero-order valence-corrected chi connectivity index (χ0v) is 12.0. The number of furan rings is 1. The molecule has 3 nitrogen and oxygen atoms in total. The second kappa shape index (κ2) is 6.24. The number of nitrogens with two attached hydrogens (primary N) is 1. The van der Waals surface area contributed by atoms with E-state index in [2.05, 4.69) is 11.0 Å². The molecule has 0 saturated carbocycles. The van der Waals surface area contributed by atoms with Gasteiger partial charge in [0.1, 0.15) is 5.76 Å². The molecule has 0 saturated heterocycles. The summed E-state index contributed by atoms with van der Waals surface area (Å²) in [7, 11) is 2.04. The average molecular weight is 279 g/mol. The number of likely N-dealkylation sites (N-methyl/N-ethyl adjacent to an activating group) is 1. The van der Waals surface area contributed by atoms with E-state index >= 15 is 0 Å². The van der Waals surface area contributed by atoms with Crippen LogP contribution in [0.5, 0.6) is 0 Å². The topological polar surface area (TPSA) is 42.4 Å². The van der Waals surface area contributed by atoms with Crippen molar-refractivity contribution in [3.05, 3.63) is 59.0 Å². The summed E-state index contributed by atoms with van der Waals surface area (Å²) in [6.45, 7) is 2.72. The van der Waals surface area contributed by atoms with E-state index in [9.17, 15) is 0 Å². The zero-order chi connectivity index (χ0) is 13.8. The van der Waals surface area contributed by atoms with Crippen LogP contribution in [0.25, 0.3) is 0 Å². The highest BCUT2D eigenvalue weighted by Crippen LogP contribution is 2.26. The molecule has 1 heterocycles. The molecule has 102 valence electrons. The molecule has 1 aromatic heterocycles. The van der Waals surface area contributed by atoms with E-state index in [1.807, 2.05) is 44.3 Å². The van der Waals surface area contributed by atoms with Crippen LogP contribution in [-0.4, -0.2) is 18.0 Å². The van der Waals surface area contributed by atoms with Crippen molar-refractivity contribution in [2.45, 2.75) is 25.6 Å². The Bertz CT molecular complexity index is 511. The van der Waals surface area contributed by atoms with E-state index in [0.717, 1.165) is 16.3 Å². The number of benzene rings is 1. The van der Waals surface area contributed by atoms with Crippen LogP contribution < -0.4 is 5.73 Å². The number of hydrogen-bond acceptors (Lipinski definition) is 3. The van der Waals surface area contributed by atoms with E-state index in [1.165, 1.54) is 0 Å². The van der Waals surface area contributed by atoms with Gasteiger partial charge < -0.3 is 10.2 Å². The molecule has 2 N–H and O–H groups in total. The summed E-state index contributed by atoms with van der Waals surface area (Å²) >= 11 is 6.06. The largest absolute Gasteiger partial charge is 0.468 e. The van der Waals surface area contributed by atoms with Gasteiger partial charge in [0.15, 0.2) is 0 Å². The van der Waals surface area contributed by atoms with Crippen LogP contribution in [0.2, 0.25) is 5.02 Å². The summed E-state index contributed by atoms with van der Waals surface area (Å²) in [6, 6.07) is 11.8. The first-order valence-corrected chi connectivity index (χ1v) is 6.69. The van der Waals surface area contributed by atoms with Gasteiger partial charge in [-0.15, -0.1) is 0 Å². The van der Waals surface area contributed by atoms with E-state index < -0.39 is 0 Å². The molecule has 1 aromatic carbocycles. The number of halogens is 1. The molecule has 2 aromatic rings. The molecule has 0 aliphatic rings. The predicted molar refractivity (Wildman–Crippen MR) is 78.0 cm³/mol. The minimum atomic E-state index is -0.00145. The lowest BCUT2D eigenvalue weighted by molar-refractivity contribution is 0.196. The van der Waals surface area contributed by atoms with Crippen molar-refractivity contribution in [1.82, 2.24) is 4.90 Å². The van der Waals surface area contributed by atoms with E-state index in [1.54, 1.807) is 6.26 Å². The predicted octanol–water partition coefficient (Wildman–Crippen LogP) is 3.45. The van der Waals surface area contributed by atoms with Crippen molar-refractivity contribution in [3.63, 3.8) is 0 Å². The van der Waals surface area contributed by atoms with Crippen LogP contribution in [0.4, 0.5) is 0 Å². The number of hydrogen-bond donors (Lipinski definition) is 1. The number of rotatable bonds is 5. The Labute approximate surface area is 119 Å². The Morgan fingerprint density at radius 2 is 2.11 bits per heavy atom. The van der Waals surface area contributed by atoms with Gasteiger partial charge in [0.05, 0.1) is 12.8 Å². The van der Waals surface area contributed by atoms with Crippen molar-refractivity contribution in [1.29, 1.82) is 0 Å². The van der Waals surface area contributed by atoms with Gasteiger partial charge >= 0.3 is 0 Å². The molecular formula is C15H19ClN2O.